The average Bonchev–Trinajstić information content (AvgIpc) is 3.15. The standard InChI is InChI=1S/C18H14N4S/c1-2-7-15-14(6-1)17(20-12-13-5-3-9-19-11-13)22-18(21-15)16-8-4-10-23-16/h1-11H,12H2,(H,20,21,22). The predicted molar refractivity (Wildman–Crippen MR) is 94.4 cm³/mol. The van der Waals surface area contributed by atoms with Gasteiger partial charge in [-0.05, 0) is 35.2 Å². The normalized spacial score (nSPS) is 10.8. The van der Waals surface area contributed by atoms with Gasteiger partial charge in [0.1, 0.15) is 5.82 Å². The fraction of sp³-hybridized carbons (Fsp3) is 0.0556. The van der Waals surface area contributed by atoms with Gasteiger partial charge in [-0.15, -0.1) is 11.3 Å². The van der Waals surface area contributed by atoms with Crippen LogP contribution in [0, 0.1) is 0 Å². The molecule has 4 aromatic rings. The topological polar surface area (TPSA) is 50.7 Å². The fourth-order valence-corrected chi connectivity index (χ4v) is 3.07. The van der Waals surface area contributed by atoms with Crippen LogP contribution in [-0.2, 0) is 6.54 Å². The highest BCUT2D eigenvalue weighted by atomic mass is 32.1. The van der Waals surface area contributed by atoms with Gasteiger partial charge in [-0.2, -0.15) is 0 Å². The molecule has 0 unspecified atom stereocenters. The van der Waals surface area contributed by atoms with Crippen molar-refractivity contribution in [3.8, 4) is 10.7 Å². The molecular formula is C18H14N4S. The summed E-state index contributed by atoms with van der Waals surface area (Å²) in [6.45, 7) is 0.679. The molecule has 23 heavy (non-hydrogen) atoms. The first-order chi connectivity index (χ1) is 11.4. The van der Waals surface area contributed by atoms with E-state index in [9.17, 15) is 0 Å². The van der Waals surface area contributed by atoms with Gasteiger partial charge < -0.3 is 5.32 Å². The zero-order valence-electron chi connectivity index (χ0n) is 12.3. The second-order valence-electron chi connectivity index (χ2n) is 5.11. The summed E-state index contributed by atoms with van der Waals surface area (Å²) in [5.41, 5.74) is 2.06. The van der Waals surface area contributed by atoms with Gasteiger partial charge in [0.05, 0.1) is 10.4 Å². The summed E-state index contributed by atoms with van der Waals surface area (Å²) in [5.74, 6) is 1.61. The molecule has 0 bridgehead atoms. The number of hydrogen-bond acceptors (Lipinski definition) is 5. The maximum Gasteiger partial charge on any atom is 0.172 e. The van der Waals surface area contributed by atoms with Crippen molar-refractivity contribution in [1.82, 2.24) is 15.0 Å². The third-order valence-electron chi connectivity index (χ3n) is 3.53. The number of nitrogens with zero attached hydrogens (tertiary/aromatic N) is 3. The van der Waals surface area contributed by atoms with E-state index in [2.05, 4.69) is 15.3 Å². The first-order valence-corrected chi connectivity index (χ1v) is 8.21. The minimum absolute atomic E-state index is 0.679. The quantitative estimate of drug-likeness (QED) is 0.607. The molecule has 0 aliphatic rings. The van der Waals surface area contributed by atoms with Crippen LogP contribution in [0.2, 0.25) is 0 Å². The molecule has 0 aliphatic heterocycles. The lowest BCUT2D eigenvalue weighted by Crippen LogP contribution is -2.04. The van der Waals surface area contributed by atoms with Crippen LogP contribution in [-0.4, -0.2) is 15.0 Å². The summed E-state index contributed by atoms with van der Waals surface area (Å²) >= 11 is 1.64. The maximum absolute atomic E-state index is 4.73. The Morgan fingerprint density at radius 2 is 1.91 bits per heavy atom. The van der Waals surface area contributed by atoms with Crippen molar-refractivity contribution in [3.63, 3.8) is 0 Å². The molecule has 0 amide bonds. The Morgan fingerprint density at radius 1 is 0.957 bits per heavy atom. The van der Waals surface area contributed by atoms with Gasteiger partial charge in [-0.1, -0.05) is 24.3 Å². The number of anilines is 1. The molecule has 1 N–H and O–H groups in total. The summed E-state index contributed by atoms with van der Waals surface area (Å²) in [7, 11) is 0. The molecule has 0 saturated heterocycles. The molecule has 0 aliphatic carbocycles. The molecular weight excluding hydrogens is 304 g/mol. The number of benzene rings is 1. The number of nitrogens with one attached hydrogen (secondary N) is 1. The molecule has 0 saturated carbocycles. The van der Waals surface area contributed by atoms with Gasteiger partial charge in [0.15, 0.2) is 5.82 Å². The Labute approximate surface area is 137 Å². The van der Waals surface area contributed by atoms with Gasteiger partial charge in [0.25, 0.3) is 0 Å². The molecule has 5 heteroatoms. The summed E-state index contributed by atoms with van der Waals surface area (Å²) in [4.78, 5) is 14.6. The highest BCUT2D eigenvalue weighted by Crippen LogP contribution is 2.27. The number of aromatic nitrogens is 3. The van der Waals surface area contributed by atoms with E-state index < -0.39 is 0 Å². The molecule has 0 radical (unpaired) electrons. The van der Waals surface area contributed by atoms with Crippen molar-refractivity contribution in [1.29, 1.82) is 0 Å². The molecule has 4 rings (SSSR count). The highest BCUT2D eigenvalue weighted by Gasteiger charge is 2.09. The first kappa shape index (κ1) is 13.8. The SMILES string of the molecule is c1cncc(CNc2nc(-c3cccs3)nc3ccccc23)c1. The lowest BCUT2D eigenvalue weighted by molar-refractivity contribution is 1.09. The van der Waals surface area contributed by atoms with Crippen molar-refractivity contribution in [3.05, 3.63) is 71.9 Å². The van der Waals surface area contributed by atoms with Crippen molar-refractivity contribution in [2.24, 2.45) is 0 Å². The number of rotatable bonds is 4. The van der Waals surface area contributed by atoms with E-state index >= 15 is 0 Å². The third-order valence-corrected chi connectivity index (χ3v) is 4.39. The number of para-hydroxylation sites is 1. The Kier molecular flexibility index (Phi) is 3.70. The Hall–Kier alpha value is -2.79. The largest absolute Gasteiger partial charge is 0.365 e. The lowest BCUT2D eigenvalue weighted by Gasteiger charge is -2.10. The molecule has 4 nitrogen and oxygen atoms in total. The smallest absolute Gasteiger partial charge is 0.172 e. The second kappa shape index (κ2) is 6.14. The summed E-state index contributed by atoms with van der Waals surface area (Å²) in [6.07, 6.45) is 3.63. The predicted octanol–water partition coefficient (Wildman–Crippen LogP) is 4.37. The molecule has 3 heterocycles. The number of pyridine rings is 1. The molecule has 1 aromatic carbocycles. The minimum atomic E-state index is 0.679. The van der Waals surface area contributed by atoms with Crippen LogP contribution in [0.3, 0.4) is 0 Å². The monoisotopic (exact) mass is 318 g/mol. The Bertz CT molecular complexity index is 920. The van der Waals surface area contributed by atoms with Gasteiger partial charge in [-0.3, -0.25) is 4.98 Å². The first-order valence-electron chi connectivity index (χ1n) is 7.33. The van der Waals surface area contributed by atoms with E-state index in [0.717, 1.165) is 33.0 Å². The number of fused-ring (bicyclic) bond motifs is 1. The second-order valence-corrected chi connectivity index (χ2v) is 6.05. The molecule has 3 aromatic heterocycles. The summed E-state index contributed by atoms with van der Waals surface area (Å²) in [5, 5.41) is 6.48. The van der Waals surface area contributed by atoms with E-state index in [1.807, 2.05) is 60.1 Å². The van der Waals surface area contributed by atoms with E-state index in [4.69, 9.17) is 4.98 Å². The summed E-state index contributed by atoms with van der Waals surface area (Å²) < 4.78 is 0. The van der Waals surface area contributed by atoms with Crippen LogP contribution in [0.1, 0.15) is 5.56 Å². The van der Waals surface area contributed by atoms with Gasteiger partial charge in [0.2, 0.25) is 0 Å². The third kappa shape index (κ3) is 2.91. The number of hydrogen-bond donors (Lipinski definition) is 1. The van der Waals surface area contributed by atoms with Crippen LogP contribution >= 0.6 is 11.3 Å². The lowest BCUT2D eigenvalue weighted by atomic mass is 10.2. The van der Waals surface area contributed by atoms with E-state index in [0.29, 0.717) is 6.54 Å². The van der Waals surface area contributed by atoms with Gasteiger partial charge >= 0.3 is 0 Å². The van der Waals surface area contributed by atoms with Crippen molar-refractivity contribution in [2.75, 3.05) is 5.32 Å². The van der Waals surface area contributed by atoms with Gasteiger partial charge in [0, 0.05) is 24.3 Å². The zero-order valence-corrected chi connectivity index (χ0v) is 13.1. The van der Waals surface area contributed by atoms with Crippen LogP contribution in [0.15, 0.2) is 66.3 Å². The molecule has 0 spiro atoms. The van der Waals surface area contributed by atoms with E-state index in [-0.39, 0.29) is 0 Å². The van der Waals surface area contributed by atoms with E-state index in [1.165, 1.54) is 0 Å². The Morgan fingerprint density at radius 3 is 2.74 bits per heavy atom. The highest BCUT2D eigenvalue weighted by molar-refractivity contribution is 7.13. The molecule has 112 valence electrons. The maximum atomic E-state index is 4.73. The van der Waals surface area contributed by atoms with Crippen molar-refractivity contribution < 1.29 is 0 Å². The van der Waals surface area contributed by atoms with Crippen molar-refractivity contribution in [2.45, 2.75) is 6.54 Å². The van der Waals surface area contributed by atoms with Crippen LogP contribution in [0.25, 0.3) is 21.6 Å². The molecule has 0 atom stereocenters. The zero-order chi connectivity index (χ0) is 15.5. The number of thiophene rings is 1. The Balaban J connectivity index is 1.74. The van der Waals surface area contributed by atoms with Crippen molar-refractivity contribution >= 4 is 28.1 Å². The minimum Gasteiger partial charge on any atom is -0.365 e. The van der Waals surface area contributed by atoms with Crippen LogP contribution in [0.5, 0.6) is 0 Å². The van der Waals surface area contributed by atoms with Crippen LogP contribution < -0.4 is 5.32 Å². The van der Waals surface area contributed by atoms with Crippen LogP contribution in [0.4, 0.5) is 5.82 Å². The average molecular weight is 318 g/mol. The summed E-state index contributed by atoms with van der Waals surface area (Å²) in [6, 6.07) is 16.1. The van der Waals surface area contributed by atoms with E-state index in [1.54, 1.807) is 17.5 Å². The van der Waals surface area contributed by atoms with Gasteiger partial charge in [-0.25, -0.2) is 9.97 Å². The molecule has 0 fully saturated rings. The fourth-order valence-electron chi connectivity index (χ4n) is 2.42.